The number of halogens is 1. The highest BCUT2D eigenvalue weighted by Gasteiger charge is 2.23. The fourth-order valence-electron chi connectivity index (χ4n) is 3.96. The molecule has 0 bridgehead atoms. The van der Waals surface area contributed by atoms with Gasteiger partial charge in [0.25, 0.3) is 0 Å². The fraction of sp³-hybridized carbons (Fsp3) is 0.200. The quantitative estimate of drug-likeness (QED) is 0.484. The van der Waals surface area contributed by atoms with Crippen molar-refractivity contribution in [1.29, 1.82) is 0 Å². The van der Waals surface area contributed by atoms with Crippen LogP contribution in [0.1, 0.15) is 17.4 Å². The zero-order valence-electron chi connectivity index (χ0n) is 16.5. The van der Waals surface area contributed by atoms with E-state index in [1.54, 1.807) is 18.3 Å². The van der Waals surface area contributed by atoms with E-state index in [0.29, 0.717) is 12.2 Å². The first-order chi connectivity index (χ1) is 14.8. The summed E-state index contributed by atoms with van der Waals surface area (Å²) in [7, 11) is 0. The predicted molar refractivity (Wildman–Crippen MR) is 115 cm³/mol. The molecule has 4 aromatic rings. The van der Waals surface area contributed by atoms with E-state index in [4.69, 9.17) is 4.74 Å². The summed E-state index contributed by atoms with van der Waals surface area (Å²) in [5.41, 5.74) is 4.49. The molecule has 1 atom stereocenters. The van der Waals surface area contributed by atoms with Gasteiger partial charge in [-0.2, -0.15) is 0 Å². The Morgan fingerprint density at radius 2 is 1.93 bits per heavy atom. The number of rotatable bonds is 4. The SMILES string of the molecule is Fc1ccccc1-c1ccc(C2CN(Cc3ccc4ncccc4c3)CCO2)nc1. The van der Waals surface area contributed by atoms with Crippen LogP contribution in [0, 0.1) is 5.82 Å². The zero-order valence-corrected chi connectivity index (χ0v) is 16.5. The van der Waals surface area contributed by atoms with Gasteiger partial charge in [-0.15, -0.1) is 0 Å². The Morgan fingerprint density at radius 1 is 1.00 bits per heavy atom. The van der Waals surface area contributed by atoms with E-state index in [2.05, 4.69) is 39.1 Å². The molecule has 5 heteroatoms. The van der Waals surface area contributed by atoms with Gasteiger partial charge in [0.1, 0.15) is 11.9 Å². The molecule has 1 aliphatic rings. The Kier molecular flexibility index (Phi) is 5.22. The molecular formula is C25H22FN3O. The van der Waals surface area contributed by atoms with Crippen molar-refractivity contribution in [2.45, 2.75) is 12.6 Å². The van der Waals surface area contributed by atoms with Gasteiger partial charge in [0.05, 0.1) is 17.8 Å². The molecule has 0 amide bonds. The van der Waals surface area contributed by atoms with Crippen LogP contribution in [0.25, 0.3) is 22.0 Å². The molecule has 150 valence electrons. The molecule has 0 saturated carbocycles. The van der Waals surface area contributed by atoms with Gasteiger partial charge in [0.2, 0.25) is 0 Å². The maximum Gasteiger partial charge on any atom is 0.131 e. The third-order valence-corrected chi connectivity index (χ3v) is 5.53. The summed E-state index contributed by atoms with van der Waals surface area (Å²) in [6.07, 6.45) is 3.46. The van der Waals surface area contributed by atoms with Crippen LogP contribution in [0.3, 0.4) is 0 Å². The molecule has 4 nitrogen and oxygen atoms in total. The van der Waals surface area contributed by atoms with Gasteiger partial charge in [-0.05, 0) is 35.9 Å². The van der Waals surface area contributed by atoms with E-state index in [9.17, 15) is 4.39 Å². The number of nitrogens with zero attached hydrogens (tertiary/aromatic N) is 3. The number of hydrogen-bond acceptors (Lipinski definition) is 4. The standard InChI is InChI=1S/C25H22FN3O/c26-22-6-2-1-5-21(22)20-8-10-24(28-15-20)25-17-29(12-13-30-25)16-18-7-9-23-19(14-18)4-3-11-27-23/h1-11,14-15,25H,12-13,16-17H2. The summed E-state index contributed by atoms with van der Waals surface area (Å²) >= 11 is 0. The molecule has 2 aromatic carbocycles. The van der Waals surface area contributed by atoms with Crippen molar-refractivity contribution in [3.8, 4) is 11.1 Å². The molecule has 2 aromatic heterocycles. The van der Waals surface area contributed by atoms with Crippen LogP contribution >= 0.6 is 0 Å². The van der Waals surface area contributed by atoms with Crippen molar-refractivity contribution in [3.63, 3.8) is 0 Å². The summed E-state index contributed by atoms with van der Waals surface area (Å²) in [4.78, 5) is 11.4. The molecule has 0 radical (unpaired) electrons. The third-order valence-electron chi connectivity index (χ3n) is 5.53. The second-order valence-corrected chi connectivity index (χ2v) is 7.58. The van der Waals surface area contributed by atoms with E-state index < -0.39 is 0 Å². The van der Waals surface area contributed by atoms with Crippen LogP contribution in [0.2, 0.25) is 0 Å². The molecule has 30 heavy (non-hydrogen) atoms. The molecule has 1 fully saturated rings. The zero-order chi connectivity index (χ0) is 20.3. The van der Waals surface area contributed by atoms with E-state index in [1.807, 2.05) is 30.5 Å². The molecule has 1 saturated heterocycles. The lowest BCUT2D eigenvalue weighted by Crippen LogP contribution is -2.38. The van der Waals surface area contributed by atoms with E-state index in [-0.39, 0.29) is 11.9 Å². The van der Waals surface area contributed by atoms with Gasteiger partial charge >= 0.3 is 0 Å². The Balaban J connectivity index is 1.29. The number of ether oxygens (including phenoxy) is 1. The van der Waals surface area contributed by atoms with Crippen LogP contribution in [0.4, 0.5) is 4.39 Å². The minimum absolute atomic E-state index is 0.0875. The Bertz CT molecular complexity index is 1160. The minimum atomic E-state index is -0.238. The smallest absolute Gasteiger partial charge is 0.131 e. The lowest BCUT2D eigenvalue weighted by atomic mass is 10.1. The first kappa shape index (κ1) is 18.9. The topological polar surface area (TPSA) is 38.2 Å². The number of aromatic nitrogens is 2. The van der Waals surface area contributed by atoms with Crippen molar-refractivity contribution in [3.05, 3.63) is 96.2 Å². The van der Waals surface area contributed by atoms with Gasteiger partial charge in [-0.25, -0.2) is 4.39 Å². The maximum absolute atomic E-state index is 14.0. The van der Waals surface area contributed by atoms with E-state index in [1.165, 1.54) is 11.6 Å². The summed E-state index contributed by atoms with van der Waals surface area (Å²) in [5, 5.41) is 1.16. The van der Waals surface area contributed by atoms with Crippen LogP contribution < -0.4 is 0 Å². The van der Waals surface area contributed by atoms with Crippen molar-refractivity contribution in [2.24, 2.45) is 0 Å². The highest BCUT2D eigenvalue weighted by molar-refractivity contribution is 5.78. The maximum atomic E-state index is 14.0. The summed E-state index contributed by atoms with van der Waals surface area (Å²) in [6.45, 7) is 3.18. The number of hydrogen-bond donors (Lipinski definition) is 0. The normalized spacial score (nSPS) is 17.3. The van der Waals surface area contributed by atoms with Crippen LogP contribution in [0.5, 0.6) is 0 Å². The third kappa shape index (κ3) is 3.95. The Labute approximate surface area is 175 Å². The average Bonchev–Trinajstić information content (AvgIpc) is 2.80. The summed E-state index contributed by atoms with van der Waals surface area (Å²) in [6, 6.07) is 21.1. The van der Waals surface area contributed by atoms with Crippen molar-refractivity contribution in [1.82, 2.24) is 14.9 Å². The Morgan fingerprint density at radius 3 is 2.80 bits per heavy atom. The largest absolute Gasteiger partial charge is 0.369 e. The van der Waals surface area contributed by atoms with Crippen LogP contribution in [-0.4, -0.2) is 34.6 Å². The predicted octanol–water partition coefficient (Wildman–Crippen LogP) is 5.01. The van der Waals surface area contributed by atoms with Gasteiger partial charge in [-0.3, -0.25) is 14.9 Å². The van der Waals surface area contributed by atoms with Gasteiger partial charge < -0.3 is 4.74 Å². The lowest BCUT2D eigenvalue weighted by molar-refractivity contribution is -0.0349. The molecule has 5 rings (SSSR count). The van der Waals surface area contributed by atoms with Crippen LogP contribution in [-0.2, 0) is 11.3 Å². The second-order valence-electron chi connectivity index (χ2n) is 7.58. The molecule has 0 spiro atoms. The van der Waals surface area contributed by atoms with Crippen molar-refractivity contribution < 1.29 is 9.13 Å². The number of fused-ring (bicyclic) bond motifs is 1. The number of pyridine rings is 2. The Hall–Kier alpha value is -3.15. The van der Waals surface area contributed by atoms with E-state index >= 15 is 0 Å². The van der Waals surface area contributed by atoms with Gasteiger partial charge in [0.15, 0.2) is 0 Å². The summed E-state index contributed by atoms with van der Waals surface area (Å²) in [5.74, 6) is -0.238. The first-order valence-corrected chi connectivity index (χ1v) is 10.1. The molecular weight excluding hydrogens is 377 g/mol. The molecule has 1 aliphatic heterocycles. The van der Waals surface area contributed by atoms with Gasteiger partial charge in [0, 0.05) is 48.5 Å². The number of morpholine rings is 1. The fourth-order valence-corrected chi connectivity index (χ4v) is 3.96. The van der Waals surface area contributed by atoms with Crippen molar-refractivity contribution >= 4 is 10.9 Å². The first-order valence-electron chi connectivity index (χ1n) is 10.1. The highest BCUT2D eigenvalue weighted by Crippen LogP contribution is 2.26. The molecule has 1 unspecified atom stereocenters. The highest BCUT2D eigenvalue weighted by atomic mass is 19.1. The van der Waals surface area contributed by atoms with Crippen LogP contribution in [0.15, 0.2) is 79.1 Å². The minimum Gasteiger partial charge on any atom is -0.369 e. The average molecular weight is 399 g/mol. The van der Waals surface area contributed by atoms with Crippen molar-refractivity contribution in [2.75, 3.05) is 19.7 Å². The number of benzene rings is 2. The summed E-state index contributed by atoms with van der Waals surface area (Å²) < 4.78 is 20.0. The van der Waals surface area contributed by atoms with E-state index in [0.717, 1.165) is 41.8 Å². The molecule has 0 aliphatic carbocycles. The molecule has 3 heterocycles. The molecule has 0 N–H and O–H groups in total. The lowest BCUT2D eigenvalue weighted by Gasteiger charge is -2.32. The monoisotopic (exact) mass is 399 g/mol. The second kappa shape index (κ2) is 8.30. The van der Waals surface area contributed by atoms with Gasteiger partial charge in [-0.1, -0.05) is 36.4 Å².